The number of benzene rings is 2. The molecule has 10 heteroatoms. The third-order valence-electron chi connectivity index (χ3n) is 4.56. The van der Waals surface area contributed by atoms with Crippen molar-refractivity contribution in [3.05, 3.63) is 64.3 Å². The number of rotatable bonds is 8. The molecule has 0 saturated heterocycles. The highest BCUT2D eigenvalue weighted by atomic mass is 35.5. The second-order valence-corrected chi connectivity index (χ2v) is 7.46. The molecular weight excluding hydrogens is 467 g/mol. The Bertz CT molecular complexity index is 1180. The van der Waals surface area contributed by atoms with E-state index in [2.05, 4.69) is 15.6 Å². The number of ether oxygens (including phenoxy) is 3. The summed E-state index contributed by atoms with van der Waals surface area (Å²) in [6.45, 7) is 0. The minimum Gasteiger partial charge on any atom is -0.496 e. The number of aromatic nitrogens is 1. The fourth-order valence-electron chi connectivity index (χ4n) is 2.91. The van der Waals surface area contributed by atoms with Crippen LogP contribution in [0.3, 0.4) is 0 Å². The predicted molar refractivity (Wildman–Crippen MR) is 132 cm³/mol. The van der Waals surface area contributed by atoms with Gasteiger partial charge in [-0.1, -0.05) is 23.2 Å². The highest BCUT2D eigenvalue weighted by Gasteiger charge is 2.15. The zero-order valence-corrected chi connectivity index (χ0v) is 19.6. The van der Waals surface area contributed by atoms with Crippen LogP contribution in [0, 0.1) is 0 Å². The summed E-state index contributed by atoms with van der Waals surface area (Å²) in [4.78, 5) is 16.8. The molecule has 33 heavy (non-hydrogen) atoms. The number of hydrogen-bond acceptors (Lipinski definition) is 7. The molecule has 1 amide bonds. The molecule has 0 bridgehead atoms. The van der Waals surface area contributed by atoms with Gasteiger partial charge >= 0.3 is 0 Å². The molecule has 2 aromatic carbocycles. The number of methoxy groups -OCH3 is 3. The number of carbonyl (C=O) groups is 1. The van der Waals surface area contributed by atoms with Crippen molar-refractivity contribution in [3.8, 4) is 17.2 Å². The summed E-state index contributed by atoms with van der Waals surface area (Å²) < 4.78 is 16.2. The van der Waals surface area contributed by atoms with E-state index in [4.69, 9.17) is 43.1 Å². The quantitative estimate of drug-likeness (QED) is 0.288. The van der Waals surface area contributed by atoms with E-state index < -0.39 is 5.91 Å². The summed E-state index contributed by atoms with van der Waals surface area (Å²) >= 11 is 11.9. The van der Waals surface area contributed by atoms with Gasteiger partial charge in [0.25, 0.3) is 0 Å². The summed E-state index contributed by atoms with van der Waals surface area (Å²) in [5.41, 5.74) is 7.76. The maximum absolute atomic E-state index is 12.5. The van der Waals surface area contributed by atoms with Gasteiger partial charge in [-0.3, -0.25) is 4.79 Å². The number of nitrogens with zero attached hydrogens (tertiary/aromatic N) is 1. The van der Waals surface area contributed by atoms with Gasteiger partial charge in [-0.25, -0.2) is 4.98 Å². The maximum atomic E-state index is 12.5. The first-order valence-corrected chi connectivity index (χ1v) is 10.4. The van der Waals surface area contributed by atoms with Gasteiger partial charge in [0.2, 0.25) is 5.91 Å². The Balaban J connectivity index is 1.85. The van der Waals surface area contributed by atoms with Crippen LogP contribution in [-0.4, -0.2) is 32.2 Å². The van der Waals surface area contributed by atoms with Crippen molar-refractivity contribution >= 4 is 58.1 Å². The molecular formula is C23H22Cl2N4O4. The van der Waals surface area contributed by atoms with E-state index in [9.17, 15) is 4.79 Å². The van der Waals surface area contributed by atoms with Gasteiger partial charge in [0.15, 0.2) is 0 Å². The lowest BCUT2D eigenvalue weighted by Crippen LogP contribution is -2.10. The van der Waals surface area contributed by atoms with Gasteiger partial charge in [0.1, 0.15) is 28.8 Å². The summed E-state index contributed by atoms with van der Waals surface area (Å²) in [6.07, 6.45) is 4.59. The molecule has 0 aliphatic rings. The van der Waals surface area contributed by atoms with Gasteiger partial charge in [0, 0.05) is 30.0 Å². The zero-order valence-electron chi connectivity index (χ0n) is 18.1. The fraction of sp³-hybridized carbons (Fsp3) is 0.130. The molecule has 0 fully saturated rings. The van der Waals surface area contributed by atoms with Crippen molar-refractivity contribution in [2.24, 2.45) is 0 Å². The van der Waals surface area contributed by atoms with Gasteiger partial charge in [-0.15, -0.1) is 0 Å². The average Bonchev–Trinajstić information content (AvgIpc) is 2.81. The lowest BCUT2D eigenvalue weighted by atomic mass is 10.2. The van der Waals surface area contributed by atoms with Crippen molar-refractivity contribution in [2.45, 2.75) is 0 Å². The second kappa shape index (κ2) is 10.8. The van der Waals surface area contributed by atoms with Crippen molar-refractivity contribution in [2.75, 3.05) is 37.7 Å². The number of hydrogen-bond donors (Lipinski definition) is 3. The summed E-state index contributed by atoms with van der Waals surface area (Å²) in [5, 5.41) is 6.47. The van der Waals surface area contributed by atoms with Crippen LogP contribution in [0.25, 0.3) is 6.08 Å². The lowest BCUT2D eigenvalue weighted by molar-refractivity contribution is -0.111. The average molecular weight is 489 g/mol. The highest BCUT2D eigenvalue weighted by Crippen LogP contribution is 2.40. The van der Waals surface area contributed by atoms with Crippen LogP contribution in [0.5, 0.6) is 17.2 Å². The van der Waals surface area contributed by atoms with E-state index >= 15 is 0 Å². The first-order chi connectivity index (χ1) is 15.9. The van der Waals surface area contributed by atoms with E-state index in [0.717, 1.165) is 0 Å². The van der Waals surface area contributed by atoms with Crippen LogP contribution >= 0.6 is 23.2 Å². The number of nitrogens with one attached hydrogen (secondary N) is 2. The Morgan fingerprint density at radius 1 is 1.03 bits per heavy atom. The number of carbonyl (C=O) groups excluding carboxylic acids is 1. The lowest BCUT2D eigenvalue weighted by Gasteiger charge is -2.17. The maximum Gasteiger partial charge on any atom is 0.248 e. The molecule has 0 aliphatic heterocycles. The molecule has 3 aromatic rings. The molecule has 3 rings (SSSR count). The second-order valence-electron chi connectivity index (χ2n) is 6.65. The van der Waals surface area contributed by atoms with Gasteiger partial charge < -0.3 is 30.6 Å². The van der Waals surface area contributed by atoms with Crippen LogP contribution in [0.4, 0.5) is 22.9 Å². The monoisotopic (exact) mass is 488 g/mol. The van der Waals surface area contributed by atoms with Crippen molar-refractivity contribution in [3.63, 3.8) is 0 Å². The van der Waals surface area contributed by atoms with E-state index in [0.29, 0.717) is 50.7 Å². The molecule has 0 aliphatic carbocycles. The number of nitrogens with two attached hydrogens (primary N) is 1. The standard InChI is InChI=1S/C23H22Cl2N4O4/c1-31-14-9-19(32-2)22(20(10-14)33-3)29-23-13(5-4-8-27-23)6-7-21(30)28-18-12-16(25)15(24)11-17(18)26/h4-12H,26H2,1-3H3,(H,27,29)(H,28,30)/b7-6+. The Kier molecular flexibility index (Phi) is 7.87. The Hall–Kier alpha value is -3.62. The largest absolute Gasteiger partial charge is 0.496 e. The molecule has 0 unspecified atom stereocenters. The van der Waals surface area contributed by atoms with Crippen molar-refractivity contribution in [1.29, 1.82) is 0 Å². The number of amides is 1. The Morgan fingerprint density at radius 3 is 2.33 bits per heavy atom. The topological polar surface area (TPSA) is 108 Å². The molecule has 1 aromatic heterocycles. The van der Waals surface area contributed by atoms with Crippen LogP contribution < -0.4 is 30.6 Å². The molecule has 0 saturated carbocycles. The molecule has 1 heterocycles. The van der Waals surface area contributed by atoms with Crippen molar-refractivity contribution in [1.82, 2.24) is 4.98 Å². The number of nitrogen functional groups attached to an aromatic ring is 1. The van der Waals surface area contributed by atoms with Crippen LogP contribution in [-0.2, 0) is 4.79 Å². The smallest absolute Gasteiger partial charge is 0.248 e. The predicted octanol–water partition coefficient (Wildman–Crippen LogP) is 5.39. The third-order valence-corrected chi connectivity index (χ3v) is 5.28. The van der Waals surface area contributed by atoms with E-state index in [1.807, 2.05) is 0 Å². The molecule has 4 N–H and O–H groups in total. The molecule has 0 atom stereocenters. The van der Waals surface area contributed by atoms with Gasteiger partial charge in [-0.2, -0.15) is 0 Å². The normalized spacial score (nSPS) is 10.7. The summed E-state index contributed by atoms with van der Waals surface area (Å²) in [6, 6.07) is 9.96. The SMILES string of the molecule is COc1cc(OC)c(Nc2ncccc2/C=C/C(=O)Nc2cc(Cl)c(Cl)cc2N)c(OC)c1. The van der Waals surface area contributed by atoms with Crippen LogP contribution in [0.1, 0.15) is 5.56 Å². The van der Waals surface area contributed by atoms with Crippen LogP contribution in [0.2, 0.25) is 10.0 Å². The first kappa shape index (κ1) is 24.0. The number of halogens is 2. The minimum absolute atomic E-state index is 0.284. The van der Waals surface area contributed by atoms with Crippen LogP contribution in [0.15, 0.2) is 48.7 Å². The Morgan fingerprint density at radius 2 is 1.70 bits per heavy atom. The molecule has 172 valence electrons. The minimum atomic E-state index is -0.408. The number of anilines is 4. The molecule has 0 spiro atoms. The molecule has 8 nitrogen and oxygen atoms in total. The summed E-state index contributed by atoms with van der Waals surface area (Å²) in [5.74, 6) is 1.65. The highest BCUT2D eigenvalue weighted by molar-refractivity contribution is 6.42. The van der Waals surface area contributed by atoms with E-state index in [-0.39, 0.29) is 5.02 Å². The third kappa shape index (κ3) is 5.79. The van der Waals surface area contributed by atoms with Gasteiger partial charge in [0.05, 0.1) is 42.7 Å². The van der Waals surface area contributed by atoms with Gasteiger partial charge in [-0.05, 0) is 30.3 Å². The van der Waals surface area contributed by atoms with E-state index in [1.165, 1.54) is 32.4 Å². The first-order valence-electron chi connectivity index (χ1n) is 9.62. The fourth-order valence-corrected chi connectivity index (χ4v) is 3.25. The zero-order chi connectivity index (χ0) is 24.0. The Labute approximate surface area is 201 Å². The molecule has 0 radical (unpaired) electrons. The number of pyridine rings is 1. The van der Waals surface area contributed by atoms with Crippen molar-refractivity contribution < 1.29 is 19.0 Å². The summed E-state index contributed by atoms with van der Waals surface area (Å²) in [7, 11) is 4.63. The van der Waals surface area contributed by atoms with E-state index in [1.54, 1.807) is 43.6 Å².